The SMILES string of the molecule is c1ccc(-n2c(-c3ccc(C(c4ccc(-c5nc6nccnc6n5-c5ccccc5)cc4)(c4ccc(-c5nc6nccnc6n5-c5ccccc5)cc4)c4ccc(-c5nc6nccnc6n5-c5ccccc5)cc4)cc3)nc3nccnc32)cc1. The molecule has 0 N–H and O–H groups in total. The van der Waals surface area contributed by atoms with Crippen LogP contribution in [0.5, 0.6) is 0 Å². The Morgan fingerprint density at radius 2 is 0.412 bits per heavy atom. The zero-order valence-corrected chi connectivity index (χ0v) is 45.1. The van der Waals surface area contributed by atoms with Crippen molar-refractivity contribution in [3.8, 4) is 68.3 Å². The molecule has 16 heteroatoms. The maximum absolute atomic E-state index is 5.11. The van der Waals surface area contributed by atoms with Crippen molar-refractivity contribution in [1.82, 2.24) is 78.1 Å². The van der Waals surface area contributed by atoms with Crippen LogP contribution in [0.4, 0.5) is 0 Å². The Labute approximate surface area is 484 Å². The number of nitrogens with zero attached hydrogens (tertiary/aromatic N) is 16. The van der Waals surface area contributed by atoms with Crippen molar-refractivity contribution in [1.29, 1.82) is 0 Å². The maximum atomic E-state index is 5.11. The van der Waals surface area contributed by atoms with E-state index in [-0.39, 0.29) is 0 Å². The first-order valence-electron chi connectivity index (χ1n) is 27.6. The van der Waals surface area contributed by atoms with Crippen LogP contribution in [0.15, 0.2) is 268 Å². The van der Waals surface area contributed by atoms with Crippen LogP contribution in [-0.4, -0.2) is 78.1 Å². The molecule has 85 heavy (non-hydrogen) atoms. The Hall–Kier alpha value is -12.0. The Balaban J connectivity index is 0.930. The van der Waals surface area contributed by atoms with Crippen LogP contribution in [0.2, 0.25) is 0 Å². The summed E-state index contributed by atoms with van der Waals surface area (Å²) in [4.78, 5) is 58.1. The van der Waals surface area contributed by atoms with Crippen LogP contribution < -0.4 is 0 Å². The van der Waals surface area contributed by atoms with Crippen molar-refractivity contribution >= 4 is 45.2 Å². The summed E-state index contributed by atoms with van der Waals surface area (Å²) in [6.45, 7) is 0. The van der Waals surface area contributed by atoms with Gasteiger partial charge in [0.2, 0.25) is 0 Å². The van der Waals surface area contributed by atoms with Gasteiger partial charge in [0.25, 0.3) is 0 Å². The summed E-state index contributed by atoms with van der Waals surface area (Å²) in [6.07, 6.45) is 13.5. The molecule has 16 rings (SSSR count). The van der Waals surface area contributed by atoms with Gasteiger partial charge in [-0.25, -0.2) is 59.8 Å². The zero-order chi connectivity index (χ0) is 56.3. The maximum Gasteiger partial charge on any atom is 0.198 e. The van der Waals surface area contributed by atoms with Gasteiger partial charge in [-0.2, -0.15) is 0 Å². The highest BCUT2D eigenvalue weighted by Gasteiger charge is 2.39. The van der Waals surface area contributed by atoms with Gasteiger partial charge in [-0.05, 0) is 70.8 Å². The van der Waals surface area contributed by atoms with Gasteiger partial charge in [-0.1, -0.05) is 170 Å². The minimum Gasteiger partial charge on any atom is -0.275 e. The number of imidazole rings is 4. The van der Waals surface area contributed by atoms with Crippen LogP contribution in [-0.2, 0) is 5.41 Å². The largest absolute Gasteiger partial charge is 0.275 e. The second-order valence-corrected chi connectivity index (χ2v) is 20.3. The molecule has 0 atom stereocenters. The second-order valence-electron chi connectivity index (χ2n) is 20.3. The lowest BCUT2D eigenvalue weighted by Gasteiger charge is -2.37. The smallest absolute Gasteiger partial charge is 0.198 e. The van der Waals surface area contributed by atoms with E-state index in [0.717, 1.165) is 67.3 Å². The molecule has 16 nitrogen and oxygen atoms in total. The highest BCUT2D eigenvalue weighted by Crippen LogP contribution is 2.48. The lowest BCUT2D eigenvalue weighted by atomic mass is 9.64. The highest BCUT2D eigenvalue weighted by molar-refractivity contribution is 5.82. The summed E-state index contributed by atoms with van der Waals surface area (Å²) in [7, 11) is 0. The topological polar surface area (TPSA) is 174 Å². The van der Waals surface area contributed by atoms with E-state index in [1.54, 1.807) is 49.6 Å². The lowest BCUT2D eigenvalue weighted by Crippen LogP contribution is -2.31. The van der Waals surface area contributed by atoms with Crippen molar-refractivity contribution < 1.29 is 0 Å². The third kappa shape index (κ3) is 8.14. The third-order valence-electron chi connectivity index (χ3n) is 15.5. The van der Waals surface area contributed by atoms with Gasteiger partial charge in [0, 0.05) is 94.6 Å². The van der Waals surface area contributed by atoms with E-state index in [0.29, 0.717) is 68.5 Å². The van der Waals surface area contributed by atoms with Crippen molar-refractivity contribution in [3.63, 3.8) is 0 Å². The predicted octanol–water partition coefficient (Wildman–Crippen LogP) is 13.3. The van der Waals surface area contributed by atoms with E-state index < -0.39 is 5.41 Å². The van der Waals surface area contributed by atoms with Gasteiger partial charge < -0.3 is 0 Å². The van der Waals surface area contributed by atoms with Crippen molar-refractivity contribution in [3.05, 3.63) is 290 Å². The number of benzene rings is 8. The Kier molecular flexibility index (Phi) is 11.6. The van der Waals surface area contributed by atoms with Gasteiger partial charge in [-0.3, -0.25) is 18.3 Å². The number of rotatable bonds is 12. The summed E-state index contributed by atoms with van der Waals surface area (Å²) in [5.74, 6) is 2.85. The van der Waals surface area contributed by atoms with Crippen molar-refractivity contribution in [2.24, 2.45) is 0 Å². The number of hydrogen-bond acceptors (Lipinski definition) is 12. The van der Waals surface area contributed by atoms with Crippen LogP contribution >= 0.6 is 0 Å². The van der Waals surface area contributed by atoms with Crippen LogP contribution in [0.1, 0.15) is 22.3 Å². The first-order chi connectivity index (χ1) is 42.2. The number of fused-ring (bicyclic) bond motifs is 4. The van der Waals surface area contributed by atoms with Crippen LogP contribution in [0.3, 0.4) is 0 Å². The Bertz CT molecular complexity index is 4430. The predicted molar refractivity (Wildman–Crippen MR) is 327 cm³/mol. The first-order valence-corrected chi connectivity index (χ1v) is 27.6. The van der Waals surface area contributed by atoms with Gasteiger partial charge in [0.15, 0.2) is 45.2 Å². The van der Waals surface area contributed by atoms with E-state index in [1.807, 2.05) is 72.8 Å². The summed E-state index contributed by atoms with van der Waals surface area (Å²) >= 11 is 0. The van der Waals surface area contributed by atoms with Crippen molar-refractivity contribution in [2.75, 3.05) is 0 Å². The normalized spacial score (nSPS) is 11.8. The molecule has 0 saturated carbocycles. The molecule has 0 unspecified atom stereocenters. The molecule has 8 aromatic carbocycles. The lowest BCUT2D eigenvalue weighted by molar-refractivity contribution is 0.745. The van der Waals surface area contributed by atoms with Crippen LogP contribution in [0, 0.1) is 0 Å². The van der Waals surface area contributed by atoms with Crippen LogP contribution in [0.25, 0.3) is 113 Å². The van der Waals surface area contributed by atoms with Gasteiger partial charge >= 0.3 is 0 Å². The fourth-order valence-electron chi connectivity index (χ4n) is 11.8. The molecule has 0 saturated heterocycles. The molecule has 8 aromatic heterocycles. The highest BCUT2D eigenvalue weighted by atomic mass is 15.2. The first kappa shape index (κ1) is 48.8. The number of aromatic nitrogens is 16. The molecule has 400 valence electrons. The molecule has 0 bridgehead atoms. The van der Waals surface area contributed by atoms with E-state index in [4.69, 9.17) is 39.9 Å². The quantitative estimate of drug-likeness (QED) is 0.106. The Morgan fingerprint density at radius 1 is 0.212 bits per heavy atom. The second kappa shape index (κ2) is 20.2. The van der Waals surface area contributed by atoms with Gasteiger partial charge in [0.1, 0.15) is 23.3 Å². The minimum absolute atomic E-state index is 0.548. The molecular weight excluding hydrogens is 1050 g/mol. The number of hydrogen-bond donors (Lipinski definition) is 0. The minimum atomic E-state index is -0.995. The number of para-hydroxylation sites is 4. The fourth-order valence-corrected chi connectivity index (χ4v) is 11.8. The van der Waals surface area contributed by atoms with E-state index >= 15 is 0 Å². The van der Waals surface area contributed by atoms with Gasteiger partial charge in [-0.15, -0.1) is 0 Å². The summed E-state index contributed by atoms with van der Waals surface area (Å²) < 4.78 is 8.26. The molecule has 0 aliphatic rings. The molecule has 0 amide bonds. The molecule has 0 radical (unpaired) electrons. The molecule has 16 aromatic rings. The zero-order valence-electron chi connectivity index (χ0n) is 45.1. The molecule has 0 spiro atoms. The summed E-state index contributed by atoms with van der Waals surface area (Å²) in [5, 5.41) is 0. The molecule has 8 heterocycles. The molecular formula is C69H44N16. The van der Waals surface area contributed by atoms with Crippen molar-refractivity contribution in [2.45, 2.75) is 5.41 Å². The average Bonchev–Trinajstić information content (AvgIpc) is 1.98. The standard InChI is InChI=1S/C69H44N16/c1-5-13-53(14-6-1)82-61(78-57-65(82)74-41-37-70-57)45-21-29-49(30-22-45)69(50-31-23-46(24-32-50)62-79-58-66(75-42-38-71-58)83(62)54-15-7-2-8-16-54,51-33-25-47(26-34-51)63-80-59-67(76-43-39-72-59)84(63)55-17-9-3-10-18-55)52-35-27-48(28-36-52)64-81-60-68(77-44-40-73-60)85(64)56-19-11-4-12-20-56/h1-44H. The van der Waals surface area contributed by atoms with E-state index in [1.165, 1.54) is 0 Å². The Morgan fingerprint density at radius 3 is 0.624 bits per heavy atom. The molecule has 0 aliphatic heterocycles. The monoisotopic (exact) mass is 1100 g/mol. The van der Waals surface area contributed by atoms with E-state index in [2.05, 4.69) is 184 Å². The average molecular weight is 1100 g/mol. The molecule has 0 fully saturated rings. The molecule has 0 aliphatic carbocycles. The van der Waals surface area contributed by atoms with Gasteiger partial charge in [0.05, 0.1) is 5.41 Å². The third-order valence-corrected chi connectivity index (χ3v) is 15.5. The van der Waals surface area contributed by atoms with E-state index in [9.17, 15) is 0 Å². The summed E-state index contributed by atoms with van der Waals surface area (Å²) in [5.41, 5.74) is 15.0. The fraction of sp³-hybridized carbons (Fsp3) is 0.0145. The summed E-state index contributed by atoms with van der Waals surface area (Å²) in [6, 6.07) is 75.5.